The lowest BCUT2D eigenvalue weighted by Crippen LogP contribution is -2.38. The minimum Gasteiger partial charge on any atom is -0.347 e. The van der Waals surface area contributed by atoms with Crippen molar-refractivity contribution in [1.82, 2.24) is 10.2 Å². The first-order valence-electron chi connectivity index (χ1n) is 5.99. The molecule has 0 spiro atoms. The van der Waals surface area contributed by atoms with Gasteiger partial charge in [0.25, 0.3) is 5.91 Å². The smallest absolute Gasteiger partial charge is 0.253 e. The molecule has 1 N–H and O–H groups in total. The normalized spacial score (nSPS) is 18.5. The molecule has 1 saturated heterocycles. The molecule has 19 heavy (non-hydrogen) atoms. The highest BCUT2D eigenvalue weighted by Crippen LogP contribution is 2.21. The first kappa shape index (κ1) is 14.2. The van der Waals surface area contributed by atoms with Gasteiger partial charge in [-0.15, -0.1) is 0 Å². The van der Waals surface area contributed by atoms with Crippen molar-refractivity contribution in [2.45, 2.75) is 19.4 Å². The van der Waals surface area contributed by atoms with E-state index >= 15 is 0 Å². The Labute approximate surface area is 121 Å². The zero-order valence-corrected chi connectivity index (χ0v) is 12.0. The molecule has 6 heteroatoms. The van der Waals surface area contributed by atoms with E-state index in [2.05, 4.69) is 5.32 Å². The monoisotopic (exact) mass is 300 g/mol. The third-order valence-corrected chi connectivity index (χ3v) is 3.69. The summed E-state index contributed by atoms with van der Waals surface area (Å²) < 4.78 is 0. The maximum absolute atomic E-state index is 12.1. The van der Waals surface area contributed by atoms with Crippen LogP contribution in [0.4, 0.5) is 0 Å². The Morgan fingerprint density at radius 1 is 1.37 bits per heavy atom. The molecule has 2 amide bonds. The van der Waals surface area contributed by atoms with Crippen molar-refractivity contribution in [2.75, 3.05) is 13.1 Å². The van der Waals surface area contributed by atoms with E-state index in [0.29, 0.717) is 28.7 Å². The van der Waals surface area contributed by atoms with Crippen molar-refractivity contribution in [3.8, 4) is 0 Å². The number of benzene rings is 1. The van der Waals surface area contributed by atoms with Gasteiger partial charge < -0.3 is 10.2 Å². The Balaban J connectivity index is 2.00. The molecule has 1 aliphatic rings. The highest BCUT2D eigenvalue weighted by atomic mass is 35.5. The van der Waals surface area contributed by atoms with Crippen LogP contribution >= 0.6 is 23.2 Å². The molecular weight excluding hydrogens is 287 g/mol. The average Bonchev–Trinajstić information content (AvgIpc) is 2.77. The number of nitrogens with zero attached hydrogens (tertiary/aromatic N) is 1. The summed E-state index contributed by atoms with van der Waals surface area (Å²) >= 11 is 11.8. The lowest BCUT2D eigenvalue weighted by Gasteiger charge is -2.15. The van der Waals surface area contributed by atoms with E-state index in [-0.39, 0.29) is 17.9 Å². The molecule has 1 aromatic rings. The SMILES string of the molecule is CC(=O)N1CCC(NC(=O)c2ccc(Cl)cc2Cl)C1. The van der Waals surface area contributed by atoms with Crippen molar-refractivity contribution in [3.05, 3.63) is 33.8 Å². The van der Waals surface area contributed by atoms with Gasteiger partial charge in [-0.2, -0.15) is 0 Å². The third kappa shape index (κ3) is 3.39. The lowest BCUT2D eigenvalue weighted by atomic mass is 10.2. The van der Waals surface area contributed by atoms with Crippen LogP contribution in [0.3, 0.4) is 0 Å². The second-order valence-corrected chi connectivity index (χ2v) is 5.39. The largest absolute Gasteiger partial charge is 0.347 e. The van der Waals surface area contributed by atoms with Gasteiger partial charge in [-0.05, 0) is 24.6 Å². The molecule has 0 aliphatic carbocycles. The number of hydrogen-bond donors (Lipinski definition) is 1. The summed E-state index contributed by atoms with van der Waals surface area (Å²) in [6.07, 6.45) is 0.760. The van der Waals surface area contributed by atoms with Crippen molar-refractivity contribution < 1.29 is 9.59 Å². The molecule has 1 aromatic carbocycles. The maximum atomic E-state index is 12.1. The molecule has 0 bridgehead atoms. The van der Waals surface area contributed by atoms with Gasteiger partial charge >= 0.3 is 0 Å². The number of rotatable bonds is 2. The molecule has 1 aliphatic heterocycles. The Hall–Kier alpha value is -1.26. The van der Waals surface area contributed by atoms with E-state index in [1.165, 1.54) is 13.0 Å². The fourth-order valence-electron chi connectivity index (χ4n) is 2.10. The molecule has 1 fully saturated rings. The number of amides is 2. The molecule has 0 radical (unpaired) electrons. The predicted molar refractivity (Wildman–Crippen MR) is 74.6 cm³/mol. The zero-order chi connectivity index (χ0) is 14.0. The van der Waals surface area contributed by atoms with Gasteiger partial charge in [0.2, 0.25) is 5.91 Å². The van der Waals surface area contributed by atoms with Crippen molar-refractivity contribution in [1.29, 1.82) is 0 Å². The van der Waals surface area contributed by atoms with Gasteiger partial charge in [-0.1, -0.05) is 23.2 Å². The number of carbonyl (C=O) groups excluding carboxylic acids is 2. The molecule has 1 atom stereocenters. The van der Waals surface area contributed by atoms with Crippen LogP contribution in [0.2, 0.25) is 10.0 Å². The Bertz CT molecular complexity index is 519. The molecule has 1 heterocycles. The van der Waals surface area contributed by atoms with E-state index < -0.39 is 0 Å². The number of halogens is 2. The van der Waals surface area contributed by atoms with Crippen LogP contribution in [-0.4, -0.2) is 35.8 Å². The van der Waals surface area contributed by atoms with Crippen molar-refractivity contribution in [3.63, 3.8) is 0 Å². The topological polar surface area (TPSA) is 49.4 Å². The summed E-state index contributed by atoms with van der Waals surface area (Å²) in [5.74, 6) is -0.210. The van der Waals surface area contributed by atoms with Gasteiger partial charge in [-0.3, -0.25) is 9.59 Å². The highest BCUT2D eigenvalue weighted by Gasteiger charge is 2.26. The summed E-state index contributed by atoms with van der Waals surface area (Å²) in [5.41, 5.74) is 0.396. The molecular formula is C13H14Cl2N2O2. The fourth-order valence-corrected chi connectivity index (χ4v) is 2.60. The average molecular weight is 301 g/mol. The van der Waals surface area contributed by atoms with Gasteiger partial charge in [0.05, 0.1) is 10.6 Å². The maximum Gasteiger partial charge on any atom is 0.253 e. The van der Waals surface area contributed by atoms with Crippen molar-refractivity contribution >= 4 is 35.0 Å². The van der Waals surface area contributed by atoms with E-state index in [9.17, 15) is 9.59 Å². The predicted octanol–water partition coefficient (Wildman–Crippen LogP) is 2.34. The second kappa shape index (κ2) is 5.80. The molecule has 102 valence electrons. The minimum absolute atomic E-state index is 0.0249. The van der Waals surface area contributed by atoms with Gasteiger partial charge in [-0.25, -0.2) is 0 Å². The summed E-state index contributed by atoms with van der Waals surface area (Å²) in [6, 6.07) is 4.73. The summed E-state index contributed by atoms with van der Waals surface area (Å²) in [5, 5.41) is 3.70. The summed E-state index contributed by atoms with van der Waals surface area (Å²) in [6.45, 7) is 2.75. The Morgan fingerprint density at radius 2 is 2.11 bits per heavy atom. The van der Waals surface area contributed by atoms with E-state index in [1.54, 1.807) is 17.0 Å². The number of likely N-dealkylation sites (tertiary alicyclic amines) is 1. The van der Waals surface area contributed by atoms with E-state index in [0.717, 1.165) is 6.42 Å². The molecule has 0 aromatic heterocycles. The highest BCUT2D eigenvalue weighted by molar-refractivity contribution is 6.36. The standard InChI is InChI=1S/C13H14Cl2N2O2/c1-8(18)17-5-4-10(7-17)16-13(19)11-3-2-9(14)6-12(11)15/h2-3,6,10H,4-5,7H2,1H3,(H,16,19). The second-order valence-electron chi connectivity index (χ2n) is 4.55. The lowest BCUT2D eigenvalue weighted by molar-refractivity contribution is -0.127. The van der Waals surface area contributed by atoms with Crippen LogP contribution in [0.25, 0.3) is 0 Å². The summed E-state index contributed by atoms with van der Waals surface area (Å²) in [7, 11) is 0. The molecule has 4 nitrogen and oxygen atoms in total. The van der Waals surface area contributed by atoms with Gasteiger partial charge in [0, 0.05) is 31.1 Å². The first-order chi connectivity index (χ1) is 8.97. The van der Waals surface area contributed by atoms with Crippen LogP contribution in [0.15, 0.2) is 18.2 Å². The minimum atomic E-state index is -0.239. The first-order valence-corrected chi connectivity index (χ1v) is 6.74. The van der Waals surface area contributed by atoms with Crippen LogP contribution in [0.1, 0.15) is 23.7 Å². The van der Waals surface area contributed by atoms with Crippen LogP contribution in [0.5, 0.6) is 0 Å². The van der Waals surface area contributed by atoms with Gasteiger partial charge in [0.1, 0.15) is 0 Å². The zero-order valence-electron chi connectivity index (χ0n) is 10.5. The number of nitrogens with one attached hydrogen (secondary N) is 1. The van der Waals surface area contributed by atoms with Crippen LogP contribution < -0.4 is 5.32 Å². The van der Waals surface area contributed by atoms with E-state index in [1.807, 2.05) is 0 Å². The Morgan fingerprint density at radius 3 is 2.68 bits per heavy atom. The molecule has 0 saturated carbocycles. The van der Waals surface area contributed by atoms with E-state index in [4.69, 9.17) is 23.2 Å². The van der Waals surface area contributed by atoms with Crippen LogP contribution in [0, 0.1) is 0 Å². The molecule has 2 rings (SSSR count). The third-order valence-electron chi connectivity index (χ3n) is 3.14. The number of hydrogen-bond acceptors (Lipinski definition) is 2. The Kier molecular flexibility index (Phi) is 4.32. The number of carbonyl (C=O) groups is 2. The molecule has 1 unspecified atom stereocenters. The van der Waals surface area contributed by atoms with Gasteiger partial charge in [0.15, 0.2) is 0 Å². The van der Waals surface area contributed by atoms with Crippen LogP contribution in [-0.2, 0) is 4.79 Å². The summed E-state index contributed by atoms with van der Waals surface area (Å²) in [4.78, 5) is 25.0. The quantitative estimate of drug-likeness (QED) is 0.911. The van der Waals surface area contributed by atoms with Crippen molar-refractivity contribution in [2.24, 2.45) is 0 Å². The fraction of sp³-hybridized carbons (Fsp3) is 0.385.